The molecule has 4 nitrogen and oxygen atoms in total. The van der Waals surface area contributed by atoms with Crippen LogP contribution in [0, 0.1) is 11.8 Å². The third kappa shape index (κ3) is 3.07. The number of carbonyl (C=O) groups excluding carboxylic acids is 1. The molecule has 2 unspecified atom stereocenters. The number of fused-ring (bicyclic) bond motifs is 1. The van der Waals surface area contributed by atoms with E-state index < -0.39 is 0 Å². The Bertz CT molecular complexity index is 477. The molecule has 3 rings (SSSR count). The molecule has 0 radical (unpaired) electrons. The number of carbonyl (C=O) groups is 1. The summed E-state index contributed by atoms with van der Waals surface area (Å²) in [4.78, 5) is 14.1. The molecule has 2 aliphatic heterocycles. The van der Waals surface area contributed by atoms with Crippen molar-refractivity contribution in [2.24, 2.45) is 11.8 Å². The van der Waals surface area contributed by atoms with Crippen molar-refractivity contribution < 1.29 is 9.53 Å². The van der Waals surface area contributed by atoms with Gasteiger partial charge in [-0.1, -0.05) is 11.6 Å². The second kappa shape index (κ2) is 6.02. The Hall–Kier alpha value is -1.26. The van der Waals surface area contributed by atoms with Gasteiger partial charge >= 0.3 is 0 Å². The number of likely N-dealkylation sites (tertiary alicyclic amines) is 1. The fraction of sp³-hybridized carbons (Fsp3) is 0.533. The maximum absolute atomic E-state index is 12.2. The largest absolute Gasteiger partial charge is 0.484 e. The number of nitrogens with zero attached hydrogens (tertiary/aromatic N) is 1. The molecule has 0 spiro atoms. The fourth-order valence-corrected chi connectivity index (χ4v) is 3.15. The molecule has 2 saturated heterocycles. The van der Waals surface area contributed by atoms with Crippen LogP contribution in [0.5, 0.6) is 5.75 Å². The van der Waals surface area contributed by atoms with Gasteiger partial charge in [0.2, 0.25) is 0 Å². The minimum Gasteiger partial charge on any atom is -0.484 e. The summed E-state index contributed by atoms with van der Waals surface area (Å²) in [5.74, 6) is 2.12. The molecule has 2 atom stereocenters. The first kappa shape index (κ1) is 13.7. The summed E-state index contributed by atoms with van der Waals surface area (Å²) in [6, 6.07) is 7.08. The topological polar surface area (TPSA) is 41.6 Å². The van der Waals surface area contributed by atoms with Crippen molar-refractivity contribution in [2.75, 3.05) is 32.8 Å². The van der Waals surface area contributed by atoms with Crippen LogP contribution in [-0.4, -0.2) is 43.6 Å². The summed E-state index contributed by atoms with van der Waals surface area (Å²) in [6.45, 7) is 3.96. The van der Waals surface area contributed by atoms with Gasteiger partial charge in [0.25, 0.3) is 5.91 Å². The molecule has 20 heavy (non-hydrogen) atoms. The van der Waals surface area contributed by atoms with Crippen molar-refractivity contribution in [1.82, 2.24) is 10.2 Å². The summed E-state index contributed by atoms with van der Waals surface area (Å²) in [5, 5.41) is 4.07. The number of hydrogen-bond acceptors (Lipinski definition) is 3. The predicted molar refractivity (Wildman–Crippen MR) is 78.0 cm³/mol. The van der Waals surface area contributed by atoms with E-state index in [1.54, 1.807) is 24.3 Å². The van der Waals surface area contributed by atoms with Crippen molar-refractivity contribution in [2.45, 2.75) is 6.42 Å². The second-order valence-electron chi connectivity index (χ2n) is 5.55. The van der Waals surface area contributed by atoms with Gasteiger partial charge < -0.3 is 15.0 Å². The molecule has 1 aromatic carbocycles. The number of rotatable bonds is 3. The molecule has 1 N–H and O–H groups in total. The van der Waals surface area contributed by atoms with Gasteiger partial charge in [-0.15, -0.1) is 0 Å². The molecule has 5 heteroatoms. The van der Waals surface area contributed by atoms with Crippen molar-refractivity contribution in [1.29, 1.82) is 0 Å². The van der Waals surface area contributed by atoms with Crippen molar-refractivity contribution in [3.8, 4) is 5.75 Å². The van der Waals surface area contributed by atoms with Gasteiger partial charge in [-0.05, 0) is 55.6 Å². The summed E-state index contributed by atoms with van der Waals surface area (Å²) >= 11 is 5.81. The molecule has 108 valence electrons. The van der Waals surface area contributed by atoms with Crippen molar-refractivity contribution >= 4 is 17.5 Å². The van der Waals surface area contributed by atoms with Gasteiger partial charge in [-0.2, -0.15) is 0 Å². The Morgan fingerprint density at radius 3 is 2.85 bits per heavy atom. The second-order valence-corrected chi connectivity index (χ2v) is 5.99. The van der Waals surface area contributed by atoms with E-state index in [0.29, 0.717) is 16.7 Å². The number of nitrogens with one attached hydrogen (secondary N) is 1. The Labute approximate surface area is 124 Å². The van der Waals surface area contributed by atoms with Crippen LogP contribution in [0.2, 0.25) is 5.02 Å². The molecule has 0 saturated carbocycles. The number of amides is 1. The molecule has 0 aromatic heterocycles. The molecule has 2 aliphatic rings. The Morgan fingerprint density at radius 2 is 2.05 bits per heavy atom. The third-order valence-corrected chi connectivity index (χ3v) is 4.49. The third-order valence-electron chi connectivity index (χ3n) is 4.23. The normalized spacial score (nSPS) is 25.4. The van der Waals surface area contributed by atoms with Gasteiger partial charge in [-0.3, -0.25) is 4.79 Å². The van der Waals surface area contributed by atoms with Crippen LogP contribution in [0.25, 0.3) is 0 Å². The number of piperidine rings is 1. The van der Waals surface area contributed by atoms with Gasteiger partial charge in [0.05, 0.1) is 0 Å². The lowest BCUT2D eigenvalue weighted by Crippen LogP contribution is -2.45. The molecular formula is C15H19ClN2O2. The Morgan fingerprint density at radius 1 is 1.30 bits per heavy atom. The molecular weight excluding hydrogens is 276 g/mol. The van der Waals surface area contributed by atoms with E-state index in [1.807, 2.05) is 4.90 Å². The summed E-state index contributed by atoms with van der Waals surface area (Å²) in [6.07, 6.45) is 1.10. The molecule has 1 amide bonds. The van der Waals surface area contributed by atoms with Crippen LogP contribution in [0.3, 0.4) is 0 Å². The highest BCUT2D eigenvalue weighted by atomic mass is 35.5. The van der Waals surface area contributed by atoms with E-state index in [9.17, 15) is 4.79 Å². The van der Waals surface area contributed by atoms with Gasteiger partial charge in [0, 0.05) is 18.1 Å². The van der Waals surface area contributed by atoms with Gasteiger partial charge in [-0.25, -0.2) is 0 Å². The smallest absolute Gasteiger partial charge is 0.260 e. The average molecular weight is 295 g/mol. The monoisotopic (exact) mass is 294 g/mol. The zero-order chi connectivity index (χ0) is 13.9. The Kier molecular flexibility index (Phi) is 4.13. The molecule has 1 aromatic rings. The first-order valence-electron chi connectivity index (χ1n) is 7.09. The summed E-state index contributed by atoms with van der Waals surface area (Å²) in [7, 11) is 0. The van der Waals surface area contributed by atoms with Crippen LogP contribution >= 0.6 is 11.6 Å². The molecule has 0 aliphatic carbocycles. The maximum Gasteiger partial charge on any atom is 0.260 e. The SMILES string of the molecule is O=C(COc1ccc(Cl)cc1)N1CCC2CNCC2C1. The first-order valence-corrected chi connectivity index (χ1v) is 7.47. The lowest BCUT2D eigenvalue weighted by molar-refractivity contribution is -0.135. The Balaban J connectivity index is 1.50. The zero-order valence-electron chi connectivity index (χ0n) is 11.3. The lowest BCUT2D eigenvalue weighted by Gasteiger charge is -2.34. The van der Waals surface area contributed by atoms with E-state index >= 15 is 0 Å². The van der Waals surface area contributed by atoms with E-state index in [1.165, 1.54) is 0 Å². The van der Waals surface area contributed by atoms with E-state index in [4.69, 9.17) is 16.3 Å². The molecule has 2 fully saturated rings. The maximum atomic E-state index is 12.2. The number of halogens is 1. The van der Waals surface area contributed by atoms with Crippen LogP contribution in [0.4, 0.5) is 0 Å². The van der Waals surface area contributed by atoms with Gasteiger partial charge in [0.15, 0.2) is 6.61 Å². The summed E-state index contributed by atoms with van der Waals surface area (Å²) < 4.78 is 5.52. The quantitative estimate of drug-likeness (QED) is 0.924. The fourth-order valence-electron chi connectivity index (χ4n) is 3.03. The highest BCUT2D eigenvalue weighted by Crippen LogP contribution is 2.26. The van der Waals surface area contributed by atoms with Crippen LogP contribution in [0.15, 0.2) is 24.3 Å². The van der Waals surface area contributed by atoms with E-state index in [2.05, 4.69) is 5.32 Å². The van der Waals surface area contributed by atoms with Crippen molar-refractivity contribution in [3.63, 3.8) is 0 Å². The highest BCUT2D eigenvalue weighted by Gasteiger charge is 2.34. The van der Waals surface area contributed by atoms with Crippen LogP contribution < -0.4 is 10.1 Å². The number of benzene rings is 1. The minimum atomic E-state index is 0.0744. The zero-order valence-corrected chi connectivity index (χ0v) is 12.1. The lowest BCUT2D eigenvalue weighted by atomic mass is 9.89. The average Bonchev–Trinajstić information content (AvgIpc) is 2.93. The standard InChI is InChI=1S/C15H19ClN2O2/c16-13-1-3-14(4-2-13)20-10-15(19)18-6-5-11-7-17-8-12(11)9-18/h1-4,11-12,17H,5-10H2. The number of hydrogen-bond donors (Lipinski definition) is 1. The molecule has 2 heterocycles. The first-order chi connectivity index (χ1) is 9.72. The van der Waals surface area contributed by atoms with E-state index in [-0.39, 0.29) is 12.5 Å². The van der Waals surface area contributed by atoms with Gasteiger partial charge in [0.1, 0.15) is 5.75 Å². The van der Waals surface area contributed by atoms with E-state index in [0.717, 1.165) is 38.5 Å². The van der Waals surface area contributed by atoms with Crippen molar-refractivity contribution in [3.05, 3.63) is 29.3 Å². The minimum absolute atomic E-state index is 0.0744. The summed E-state index contributed by atoms with van der Waals surface area (Å²) in [5.41, 5.74) is 0. The van der Waals surface area contributed by atoms with Crippen LogP contribution in [0.1, 0.15) is 6.42 Å². The predicted octanol–water partition coefficient (Wildman–Crippen LogP) is 1.79. The van der Waals surface area contributed by atoms with Crippen LogP contribution in [-0.2, 0) is 4.79 Å². The number of ether oxygens (including phenoxy) is 1. The molecule has 0 bridgehead atoms. The highest BCUT2D eigenvalue weighted by molar-refractivity contribution is 6.30.